The number of sulfonamides is 1. The summed E-state index contributed by atoms with van der Waals surface area (Å²) in [5.41, 5.74) is 1.27. The fraction of sp³-hybridized carbons (Fsp3) is 0.235. The Hall–Kier alpha value is -2.41. The molecule has 7 heteroatoms. The molecule has 1 amide bonds. The Labute approximate surface area is 140 Å². The number of halogens is 1. The standard InChI is InChI=1S/C17H17FN2O3S/c18-14-5-9-16(10-6-14)24(22,23)19-17(21)13-3-7-15(8-4-13)20-11-1-2-12-20/h3-10H,1-2,11-12H2,(H,19,21). The summed E-state index contributed by atoms with van der Waals surface area (Å²) in [7, 11) is -4.03. The summed E-state index contributed by atoms with van der Waals surface area (Å²) < 4.78 is 39.2. The van der Waals surface area contributed by atoms with Gasteiger partial charge in [-0.2, -0.15) is 0 Å². The Bertz CT molecular complexity index is 827. The molecule has 24 heavy (non-hydrogen) atoms. The molecule has 1 aliphatic rings. The second kappa shape index (κ2) is 6.60. The number of carbonyl (C=O) groups is 1. The summed E-state index contributed by atoms with van der Waals surface area (Å²) in [6, 6.07) is 11.1. The predicted octanol–water partition coefficient (Wildman–Crippen LogP) is 2.54. The average molecular weight is 348 g/mol. The summed E-state index contributed by atoms with van der Waals surface area (Å²) in [6.07, 6.45) is 2.30. The molecule has 0 aromatic heterocycles. The van der Waals surface area contributed by atoms with Gasteiger partial charge in [-0.05, 0) is 61.4 Å². The first-order valence-corrected chi connectivity index (χ1v) is 9.12. The van der Waals surface area contributed by atoms with Crippen molar-refractivity contribution in [3.05, 3.63) is 59.9 Å². The molecule has 0 aliphatic carbocycles. The molecule has 1 saturated heterocycles. The summed E-state index contributed by atoms with van der Waals surface area (Å²) in [5.74, 6) is -1.26. The smallest absolute Gasteiger partial charge is 0.264 e. The van der Waals surface area contributed by atoms with Gasteiger partial charge in [0.1, 0.15) is 5.82 Å². The van der Waals surface area contributed by atoms with Crippen LogP contribution in [0.2, 0.25) is 0 Å². The van der Waals surface area contributed by atoms with Crippen LogP contribution in [0.3, 0.4) is 0 Å². The predicted molar refractivity (Wildman–Crippen MR) is 88.9 cm³/mol. The monoisotopic (exact) mass is 348 g/mol. The third-order valence-corrected chi connectivity index (χ3v) is 5.30. The van der Waals surface area contributed by atoms with Crippen LogP contribution in [0.4, 0.5) is 10.1 Å². The molecule has 1 aliphatic heterocycles. The fourth-order valence-corrected chi connectivity index (χ4v) is 3.63. The van der Waals surface area contributed by atoms with Crippen molar-refractivity contribution in [2.24, 2.45) is 0 Å². The van der Waals surface area contributed by atoms with Crippen molar-refractivity contribution in [1.29, 1.82) is 0 Å². The Kier molecular flexibility index (Phi) is 4.53. The van der Waals surface area contributed by atoms with Crippen molar-refractivity contribution < 1.29 is 17.6 Å². The van der Waals surface area contributed by atoms with Crippen LogP contribution in [-0.4, -0.2) is 27.4 Å². The van der Waals surface area contributed by atoms with E-state index in [1.54, 1.807) is 12.1 Å². The van der Waals surface area contributed by atoms with E-state index < -0.39 is 21.7 Å². The minimum Gasteiger partial charge on any atom is -0.372 e. The van der Waals surface area contributed by atoms with E-state index in [4.69, 9.17) is 0 Å². The van der Waals surface area contributed by atoms with Gasteiger partial charge in [-0.3, -0.25) is 4.79 Å². The number of benzene rings is 2. The number of nitrogens with zero attached hydrogens (tertiary/aromatic N) is 1. The Morgan fingerprint density at radius 2 is 1.54 bits per heavy atom. The van der Waals surface area contributed by atoms with Gasteiger partial charge >= 0.3 is 0 Å². The van der Waals surface area contributed by atoms with Crippen LogP contribution in [0.5, 0.6) is 0 Å². The quantitative estimate of drug-likeness (QED) is 0.922. The molecule has 0 spiro atoms. The number of hydrogen-bond donors (Lipinski definition) is 1. The number of nitrogens with one attached hydrogen (secondary N) is 1. The van der Waals surface area contributed by atoms with Crippen molar-refractivity contribution in [3.8, 4) is 0 Å². The largest absolute Gasteiger partial charge is 0.372 e. The number of anilines is 1. The van der Waals surface area contributed by atoms with E-state index in [1.165, 1.54) is 0 Å². The van der Waals surface area contributed by atoms with Gasteiger partial charge in [0.15, 0.2) is 0 Å². The molecule has 126 valence electrons. The lowest BCUT2D eigenvalue weighted by Crippen LogP contribution is -2.30. The van der Waals surface area contributed by atoms with Gasteiger partial charge in [-0.15, -0.1) is 0 Å². The van der Waals surface area contributed by atoms with Crippen LogP contribution >= 0.6 is 0 Å². The van der Waals surface area contributed by atoms with Crippen LogP contribution in [-0.2, 0) is 10.0 Å². The minimum absolute atomic E-state index is 0.161. The summed E-state index contributed by atoms with van der Waals surface area (Å²) in [4.78, 5) is 14.2. The second-order valence-electron chi connectivity index (χ2n) is 5.63. The lowest BCUT2D eigenvalue weighted by molar-refractivity contribution is 0.0981. The van der Waals surface area contributed by atoms with Crippen molar-refractivity contribution in [2.75, 3.05) is 18.0 Å². The number of hydrogen-bond acceptors (Lipinski definition) is 4. The van der Waals surface area contributed by atoms with Crippen molar-refractivity contribution in [3.63, 3.8) is 0 Å². The molecule has 2 aromatic carbocycles. The van der Waals surface area contributed by atoms with Crippen LogP contribution in [0.15, 0.2) is 53.4 Å². The SMILES string of the molecule is O=C(NS(=O)(=O)c1ccc(F)cc1)c1ccc(N2CCCC2)cc1. The Morgan fingerprint density at radius 3 is 2.12 bits per heavy atom. The maximum absolute atomic E-state index is 12.9. The Morgan fingerprint density at radius 1 is 0.958 bits per heavy atom. The number of rotatable bonds is 4. The molecule has 0 radical (unpaired) electrons. The molecule has 0 atom stereocenters. The van der Waals surface area contributed by atoms with Crippen LogP contribution in [0.1, 0.15) is 23.2 Å². The second-order valence-corrected chi connectivity index (χ2v) is 7.31. The van der Waals surface area contributed by atoms with E-state index in [0.717, 1.165) is 55.9 Å². The maximum atomic E-state index is 12.9. The molecule has 1 fully saturated rings. The van der Waals surface area contributed by atoms with Gasteiger partial charge in [-0.1, -0.05) is 0 Å². The highest BCUT2D eigenvalue weighted by atomic mass is 32.2. The van der Waals surface area contributed by atoms with Gasteiger partial charge in [-0.25, -0.2) is 17.5 Å². The third kappa shape index (κ3) is 3.56. The summed E-state index contributed by atoms with van der Waals surface area (Å²) in [5, 5.41) is 0. The average Bonchev–Trinajstić information content (AvgIpc) is 3.09. The molecule has 2 aromatic rings. The van der Waals surface area contributed by atoms with E-state index in [0.29, 0.717) is 0 Å². The zero-order valence-electron chi connectivity index (χ0n) is 12.9. The molecule has 0 unspecified atom stereocenters. The van der Waals surface area contributed by atoms with Gasteiger partial charge < -0.3 is 4.90 Å². The lowest BCUT2D eigenvalue weighted by atomic mass is 10.2. The molecule has 3 rings (SSSR count). The number of amides is 1. The van der Waals surface area contributed by atoms with E-state index in [1.807, 2.05) is 16.9 Å². The van der Waals surface area contributed by atoms with E-state index in [2.05, 4.69) is 4.90 Å². The normalized spacial score (nSPS) is 14.6. The molecule has 1 N–H and O–H groups in total. The van der Waals surface area contributed by atoms with Crippen LogP contribution in [0.25, 0.3) is 0 Å². The van der Waals surface area contributed by atoms with Gasteiger partial charge in [0, 0.05) is 24.3 Å². The zero-order chi connectivity index (χ0) is 17.2. The minimum atomic E-state index is -4.03. The highest BCUT2D eigenvalue weighted by Crippen LogP contribution is 2.20. The van der Waals surface area contributed by atoms with Crippen LogP contribution in [0, 0.1) is 5.82 Å². The van der Waals surface area contributed by atoms with Gasteiger partial charge in [0.2, 0.25) is 0 Å². The first-order chi connectivity index (χ1) is 11.5. The third-order valence-electron chi connectivity index (χ3n) is 3.95. The molecule has 0 bridgehead atoms. The van der Waals surface area contributed by atoms with Crippen LogP contribution < -0.4 is 9.62 Å². The van der Waals surface area contributed by atoms with Crippen molar-refractivity contribution in [2.45, 2.75) is 17.7 Å². The van der Waals surface area contributed by atoms with Crippen molar-refractivity contribution >= 4 is 21.6 Å². The van der Waals surface area contributed by atoms with Gasteiger partial charge in [0.25, 0.3) is 15.9 Å². The van der Waals surface area contributed by atoms with Gasteiger partial charge in [0.05, 0.1) is 4.90 Å². The highest BCUT2D eigenvalue weighted by molar-refractivity contribution is 7.90. The first-order valence-electron chi connectivity index (χ1n) is 7.63. The molecular weight excluding hydrogens is 331 g/mol. The van der Waals surface area contributed by atoms with E-state index >= 15 is 0 Å². The number of carbonyl (C=O) groups excluding carboxylic acids is 1. The summed E-state index contributed by atoms with van der Waals surface area (Å²) >= 11 is 0. The lowest BCUT2D eigenvalue weighted by Gasteiger charge is -2.17. The highest BCUT2D eigenvalue weighted by Gasteiger charge is 2.19. The Balaban J connectivity index is 1.73. The first kappa shape index (κ1) is 16.4. The van der Waals surface area contributed by atoms with E-state index in [-0.39, 0.29) is 10.5 Å². The topological polar surface area (TPSA) is 66.5 Å². The summed E-state index contributed by atoms with van der Waals surface area (Å²) in [6.45, 7) is 1.98. The zero-order valence-corrected chi connectivity index (χ0v) is 13.7. The van der Waals surface area contributed by atoms with E-state index in [9.17, 15) is 17.6 Å². The molecule has 0 saturated carbocycles. The molecule has 5 nitrogen and oxygen atoms in total. The molecular formula is C17H17FN2O3S. The maximum Gasteiger partial charge on any atom is 0.264 e. The molecule has 1 heterocycles. The van der Waals surface area contributed by atoms with Crippen molar-refractivity contribution in [1.82, 2.24) is 4.72 Å². The fourth-order valence-electron chi connectivity index (χ4n) is 2.65.